The largest absolute Gasteiger partial charge is 0.358 e. The first-order chi connectivity index (χ1) is 14.1. The van der Waals surface area contributed by atoms with Gasteiger partial charge in [-0.25, -0.2) is 9.37 Å². The fraction of sp³-hybridized carbons (Fsp3) is 0.200. The molecular formula is C20H15ClFN5O2. The van der Waals surface area contributed by atoms with Gasteiger partial charge in [0.1, 0.15) is 11.2 Å². The summed E-state index contributed by atoms with van der Waals surface area (Å²) < 4.78 is 20.6. The Bertz CT molecular complexity index is 1150. The van der Waals surface area contributed by atoms with Crippen LogP contribution in [0.4, 0.5) is 15.8 Å². The third kappa shape index (κ3) is 3.70. The molecule has 1 amide bonds. The number of nitrogens with zero attached hydrogens (tertiary/aromatic N) is 3. The lowest BCUT2D eigenvalue weighted by molar-refractivity contribution is 0.0847. The maximum Gasteiger partial charge on any atom is 0.269 e. The van der Waals surface area contributed by atoms with Crippen LogP contribution in [0.5, 0.6) is 0 Å². The molecule has 0 spiro atoms. The first-order valence-corrected chi connectivity index (χ1v) is 9.26. The van der Waals surface area contributed by atoms with Crippen molar-refractivity contribution in [1.82, 2.24) is 15.3 Å². The Morgan fingerprint density at radius 3 is 2.97 bits per heavy atom. The quantitative estimate of drug-likeness (QED) is 0.582. The minimum Gasteiger partial charge on any atom is -0.358 e. The Morgan fingerprint density at radius 1 is 1.28 bits per heavy atom. The Labute approximate surface area is 170 Å². The molecule has 9 heteroatoms. The predicted octanol–water partition coefficient (Wildman–Crippen LogP) is 3.88. The van der Waals surface area contributed by atoms with E-state index in [9.17, 15) is 14.4 Å². The van der Waals surface area contributed by atoms with Crippen molar-refractivity contribution in [2.24, 2.45) is 0 Å². The summed E-state index contributed by atoms with van der Waals surface area (Å²) in [5, 5.41) is 15.2. The SMILES string of the molecule is N#C[C@H]1OCCCNC(=O)c2ccc3nccc(c3n2)Nc2c1ccc(Cl)c2F. The average molecular weight is 412 g/mol. The highest BCUT2D eigenvalue weighted by molar-refractivity contribution is 6.31. The number of nitriles is 1. The molecule has 0 unspecified atom stereocenters. The van der Waals surface area contributed by atoms with E-state index in [-0.39, 0.29) is 28.9 Å². The van der Waals surface area contributed by atoms with E-state index in [4.69, 9.17) is 16.3 Å². The number of rotatable bonds is 0. The van der Waals surface area contributed by atoms with Crippen LogP contribution in [0.3, 0.4) is 0 Å². The number of anilines is 2. The molecule has 0 saturated carbocycles. The van der Waals surface area contributed by atoms with Crippen LogP contribution in [-0.2, 0) is 4.74 Å². The molecule has 1 aliphatic rings. The van der Waals surface area contributed by atoms with Crippen LogP contribution in [0.25, 0.3) is 11.0 Å². The van der Waals surface area contributed by atoms with Gasteiger partial charge in [-0.15, -0.1) is 0 Å². The number of nitrogens with one attached hydrogen (secondary N) is 2. The van der Waals surface area contributed by atoms with Crippen molar-refractivity contribution in [3.05, 3.63) is 58.6 Å². The first-order valence-electron chi connectivity index (χ1n) is 8.88. The minimum absolute atomic E-state index is 0.0188. The van der Waals surface area contributed by atoms with Gasteiger partial charge in [0.15, 0.2) is 11.9 Å². The monoisotopic (exact) mass is 411 g/mol. The van der Waals surface area contributed by atoms with E-state index in [1.165, 1.54) is 12.3 Å². The number of carbonyl (C=O) groups is 1. The number of ether oxygens (including phenoxy) is 1. The second kappa shape index (κ2) is 7.99. The number of pyridine rings is 2. The zero-order chi connectivity index (χ0) is 20.4. The lowest BCUT2D eigenvalue weighted by Crippen LogP contribution is -2.26. The van der Waals surface area contributed by atoms with Crippen molar-refractivity contribution >= 4 is 39.9 Å². The second-order valence-corrected chi connectivity index (χ2v) is 6.77. The van der Waals surface area contributed by atoms with Gasteiger partial charge >= 0.3 is 0 Å². The summed E-state index contributed by atoms with van der Waals surface area (Å²) in [6, 6.07) is 9.83. The van der Waals surface area contributed by atoms with Gasteiger partial charge in [-0.1, -0.05) is 17.7 Å². The lowest BCUT2D eigenvalue weighted by atomic mass is 10.1. The summed E-state index contributed by atoms with van der Waals surface area (Å²) in [6.45, 7) is 0.547. The number of hydrogen-bond acceptors (Lipinski definition) is 6. The number of aromatic nitrogens is 2. The fourth-order valence-electron chi connectivity index (χ4n) is 3.06. The van der Waals surface area contributed by atoms with Crippen LogP contribution in [0.15, 0.2) is 36.5 Å². The molecular weight excluding hydrogens is 397 g/mol. The van der Waals surface area contributed by atoms with E-state index in [1.54, 1.807) is 24.3 Å². The molecule has 146 valence electrons. The van der Waals surface area contributed by atoms with Gasteiger partial charge in [0.05, 0.1) is 34.6 Å². The molecule has 0 fully saturated rings. The minimum atomic E-state index is -1.01. The Morgan fingerprint density at radius 2 is 2.14 bits per heavy atom. The molecule has 0 radical (unpaired) electrons. The van der Waals surface area contributed by atoms with E-state index >= 15 is 0 Å². The molecule has 29 heavy (non-hydrogen) atoms. The van der Waals surface area contributed by atoms with Crippen molar-refractivity contribution in [3.63, 3.8) is 0 Å². The summed E-state index contributed by atoms with van der Waals surface area (Å²) in [7, 11) is 0. The molecule has 2 bridgehead atoms. The van der Waals surface area contributed by atoms with Gasteiger partial charge in [0.25, 0.3) is 5.91 Å². The van der Waals surface area contributed by atoms with Crippen LogP contribution < -0.4 is 10.6 Å². The predicted molar refractivity (Wildman–Crippen MR) is 105 cm³/mol. The van der Waals surface area contributed by atoms with Crippen LogP contribution >= 0.6 is 11.6 Å². The number of carbonyl (C=O) groups excluding carboxylic acids is 1. The summed E-state index contributed by atoms with van der Waals surface area (Å²) in [4.78, 5) is 21.0. The Kier molecular flexibility index (Phi) is 5.25. The first kappa shape index (κ1) is 19.1. The molecule has 1 aromatic carbocycles. The number of fused-ring (bicyclic) bond motifs is 2. The zero-order valence-corrected chi connectivity index (χ0v) is 15.8. The standard InChI is InChI=1S/C20H15ClFN5O2/c21-12-3-2-11-16(10-23)29-9-1-7-25-20(28)15-5-4-13-19(27-15)14(6-8-24-13)26-18(11)17(12)22/h2-6,8,16,26H,1,7,9H2,(H,25,28)/t16-/m1/s1. The fourth-order valence-corrected chi connectivity index (χ4v) is 3.22. The van der Waals surface area contributed by atoms with Gasteiger partial charge in [-0.3, -0.25) is 9.78 Å². The molecule has 2 N–H and O–H groups in total. The number of hydrogen-bond donors (Lipinski definition) is 2. The van der Waals surface area contributed by atoms with Gasteiger partial charge in [0, 0.05) is 18.3 Å². The van der Waals surface area contributed by atoms with Crippen molar-refractivity contribution < 1.29 is 13.9 Å². The maximum atomic E-state index is 14.9. The third-order valence-corrected chi connectivity index (χ3v) is 4.79. The second-order valence-electron chi connectivity index (χ2n) is 6.36. The highest BCUT2D eigenvalue weighted by Gasteiger charge is 2.22. The summed E-state index contributed by atoms with van der Waals surface area (Å²) in [6.07, 6.45) is 0.998. The van der Waals surface area contributed by atoms with Gasteiger partial charge in [-0.05, 0) is 30.7 Å². The van der Waals surface area contributed by atoms with Crippen molar-refractivity contribution in [2.45, 2.75) is 12.5 Å². The Balaban J connectivity index is 1.92. The van der Waals surface area contributed by atoms with E-state index in [0.29, 0.717) is 35.2 Å². The number of amides is 1. The number of halogens is 2. The van der Waals surface area contributed by atoms with Crippen LogP contribution in [0.1, 0.15) is 28.6 Å². The molecule has 3 heterocycles. The molecule has 3 aromatic rings. The highest BCUT2D eigenvalue weighted by Crippen LogP contribution is 2.35. The van der Waals surface area contributed by atoms with E-state index in [0.717, 1.165) is 0 Å². The normalized spacial score (nSPS) is 17.0. The molecule has 1 atom stereocenters. The molecule has 2 aromatic heterocycles. The average Bonchev–Trinajstić information content (AvgIpc) is 2.74. The van der Waals surface area contributed by atoms with E-state index in [2.05, 4.69) is 20.6 Å². The van der Waals surface area contributed by atoms with Gasteiger partial charge in [-0.2, -0.15) is 5.26 Å². The molecule has 4 rings (SSSR count). The smallest absolute Gasteiger partial charge is 0.269 e. The molecule has 7 nitrogen and oxygen atoms in total. The lowest BCUT2D eigenvalue weighted by Gasteiger charge is -2.19. The van der Waals surface area contributed by atoms with Crippen LogP contribution in [-0.4, -0.2) is 29.0 Å². The van der Waals surface area contributed by atoms with E-state index in [1.807, 2.05) is 6.07 Å². The number of benzene rings is 1. The van der Waals surface area contributed by atoms with E-state index < -0.39 is 11.9 Å². The molecule has 1 aliphatic heterocycles. The van der Waals surface area contributed by atoms with Gasteiger partial charge in [0.2, 0.25) is 0 Å². The highest BCUT2D eigenvalue weighted by atomic mass is 35.5. The molecule has 0 aliphatic carbocycles. The van der Waals surface area contributed by atoms with Crippen LogP contribution in [0.2, 0.25) is 5.02 Å². The summed E-state index contributed by atoms with van der Waals surface area (Å²) in [5.74, 6) is -1.05. The van der Waals surface area contributed by atoms with Gasteiger partial charge < -0.3 is 15.4 Å². The zero-order valence-electron chi connectivity index (χ0n) is 15.1. The summed E-state index contributed by atoms with van der Waals surface area (Å²) >= 11 is 5.98. The third-order valence-electron chi connectivity index (χ3n) is 4.49. The van der Waals surface area contributed by atoms with Crippen molar-refractivity contribution in [1.29, 1.82) is 5.26 Å². The topological polar surface area (TPSA) is 99.9 Å². The van der Waals surface area contributed by atoms with Crippen LogP contribution in [0, 0.1) is 17.1 Å². The van der Waals surface area contributed by atoms with Crippen molar-refractivity contribution in [2.75, 3.05) is 18.5 Å². The Hall–Kier alpha value is -3.28. The summed E-state index contributed by atoms with van der Waals surface area (Å²) in [5.41, 5.74) is 1.88. The molecule has 0 saturated heterocycles. The van der Waals surface area contributed by atoms with Crippen molar-refractivity contribution in [3.8, 4) is 6.07 Å². The maximum absolute atomic E-state index is 14.9.